The van der Waals surface area contributed by atoms with Crippen molar-refractivity contribution >= 4 is 11.6 Å². The summed E-state index contributed by atoms with van der Waals surface area (Å²) in [6.07, 6.45) is 5.36. The van der Waals surface area contributed by atoms with E-state index in [4.69, 9.17) is 11.6 Å². The van der Waals surface area contributed by atoms with Gasteiger partial charge in [-0.15, -0.1) is 11.6 Å². The van der Waals surface area contributed by atoms with Crippen LogP contribution in [0.2, 0.25) is 0 Å². The lowest BCUT2D eigenvalue weighted by molar-refractivity contribution is 0.592. The summed E-state index contributed by atoms with van der Waals surface area (Å²) in [4.78, 5) is 11.7. The monoisotopic (exact) mass is 225 g/mol. The van der Waals surface area contributed by atoms with E-state index in [1.54, 1.807) is 6.07 Å². The molecule has 2 nitrogen and oxygen atoms in total. The van der Waals surface area contributed by atoms with Crippen LogP contribution >= 0.6 is 11.6 Å². The van der Waals surface area contributed by atoms with Gasteiger partial charge >= 0.3 is 0 Å². The van der Waals surface area contributed by atoms with Gasteiger partial charge in [0.25, 0.3) is 5.56 Å². The van der Waals surface area contributed by atoms with Crippen LogP contribution in [0.5, 0.6) is 0 Å². The topological polar surface area (TPSA) is 22.0 Å². The summed E-state index contributed by atoms with van der Waals surface area (Å²) < 4.78 is 1.94. The summed E-state index contributed by atoms with van der Waals surface area (Å²) in [5.74, 6) is 0.684. The molecule has 82 valence electrons. The van der Waals surface area contributed by atoms with Gasteiger partial charge in [-0.2, -0.15) is 0 Å². The Morgan fingerprint density at radius 1 is 1.27 bits per heavy atom. The Balaban J connectivity index is 2.21. The van der Waals surface area contributed by atoms with Crippen LogP contribution in [0.1, 0.15) is 30.5 Å². The highest BCUT2D eigenvalue weighted by atomic mass is 35.5. The van der Waals surface area contributed by atoms with Crippen LogP contribution in [0, 0.1) is 0 Å². The van der Waals surface area contributed by atoms with Crippen molar-refractivity contribution in [1.29, 1.82) is 0 Å². The minimum atomic E-state index is 0.144. The minimum Gasteiger partial charge on any atom is -0.312 e. The molecular weight excluding hydrogens is 210 g/mol. The Labute approximate surface area is 94.9 Å². The van der Waals surface area contributed by atoms with Gasteiger partial charge in [0.15, 0.2) is 0 Å². The summed E-state index contributed by atoms with van der Waals surface area (Å²) in [6.45, 7) is 0.828. The average Bonchev–Trinajstić information content (AvgIpc) is 2.69. The second kappa shape index (κ2) is 4.84. The molecule has 0 saturated heterocycles. The van der Waals surface area contributed by atoms with Crippen molar-refractivity contribution in [3.05, 3.63) is 33.7 Å². The molecule has 0 unspecified atom stereocenters. The normalized spacial score (nSPS) is 14.2. The van der Waals surface area contributed by atoms with Crippen LogP contribution in [0.25, 0.3) is 0 Å². The molecule has 0 radical (unpaired) electrons. The maximum Gasteiger partial charge on any atom is 0.250 e. The van der Waals surface area contributed by atoms with E-state index >= 15 is 0 Å². The molecule has 3 heteroatoms. The van der Waals surface area contributed by atoms with Crippen LogP contribution in [0.4, 0.5) is 0 Å². The third-order valence-corrected chi connectivity index (χ3v) is 3.28. The van der Waals surface area contributed by atoms with Crippen LogP contribution in [-0.4, -0.2) is 10.4 Å². The van der Waals surface area contributed by atoms with Crippen molar-refractivity contribution in [3.8, 4) is 0 Å². The smallest absolute Gasteiger partial charge is 0.250 e. The number of aryl methyl sites for hydroxylation is 1. The Morgan fingerprint density at radius 2 is 2.13 bits per heavy atom. The number of rotatable bonds is 4. The highest BCUT2D eigenvalue weighted by Gasteiger charge is 2.14. The largest absolute Gasteiger partial charge is 0.312 e. The number of hydrogen-bond acceptors (Lipinski definition) is 1. The van der Waals surface area contributed by atoms with Crippen molar-refractivity contribution < 1.29 is 0 Å². The molecule has 0 aliphatic heterocycles. The van der Waals surface area contributed by atoms with Crippen LogP contribution < -0.4 is 5.56 Å². The zero-order chi connectivity index (χ0) is 10.7. The fourth-order valence-electron chi connectivity index (χ4n) is 2.24. The molecule has 1 heterocycles. The molecule has 0 saturated carbocycles. The molecular formula is C12H16ClNO. The van der Waals surface area contributed by atoms with Crippen molar-refractivity contribution in [1.82, 2.24) is 4.57 Å². The fourth-order valence-corrected chi connectivity index (χ4v) is 2.43. The van der Waals surface area contributed by atoms with Gasteiger partial charge in [-0.25, -0.2) is 0 Å². The van der Waals surface area contributed by atoms with E-state index in [1.165, 1.54) is 17.7 Å². The van der Waals surface area contributed by atoms with E-state index < -0.39 is 0 Å². The van der Waals surface area contributed by atoms with E-state index in [1.807, 2.05) is 10.6 Å². The molecule has 1 aromatic heterocycles. The lowest BCUT2D eigenvalue weighted by Crippen LogP contribution is -2.22. The quantitative estimate of drug-likeness (QED) is 0.570. The highest BCUT2D eigenvalue weighted by molar-refractivity contribution is 6.17. The van der Waals surface area contributed by atoms with Gasteiger partial charge < -0.3 is 4.57 Å². The fraction of sp³-hybridized carbons (Fsp3) is 0.583. The molecule has 0 amide bonds. The number of pyridine rings is 1. The third kappa shape index (κ3) is 2.25. The Morgan fingerprint density at radius 3 is 2.93 bits per heavy atom. The number of aromatic nitrogens is 1. The van der Waals surface area contributed by atoms with Crippen molar-refractivity contribution in [2.75, 3.05) is 5.88 Å². The Bertz CT molecular complexity index is 397. The number of hydrogen-bond donors (Lipinski definition) is 0. The second-order valence-corrected chi connectivity index (χ2v) is 4.42. The molecule has 2 rings (SSSR count). The number of fused-ring (bicyclic) bond motifs is 1. The summed E-state index contributed by atoms with van der Waals surface area (Å²) in [5, 5.41) is 0. The van der Waals surface area contributed by atoms with Gasteiger partial charge in [0.05, 0.1) is 0 Å². The van der Waals surface area contributed by atoms with E-state index in [-0.39, 0.29) is 5.56 Å². The number of unbranched alkanes of at least 4 members (excludes halogenated alkanes) is 1. The van der Waals surface area contributed by atoms with Crippen LogP contribution in [0.15, 0.2) is 16.9 Å². The summed E-state index contributed by atoms with van der Waals surface area (Å²) in [7, 11) is 0. The molecule has 0 atom stereocenters. The lowest BCUT2D eigenvalue weighted by Gasteiger charge is -2.10. The zero-order valence-electron chi connectivity index (χ0n) is 8.84. The number of alkyl halides is 1. The Kier molecular flexibility index (Phi) is 3.47. The lowest BCUT2D eigenvalue weighted by atomic mass is 10.2. The van der Waals surface area contributed by atoms with Crippen LogP contribution in [-0.2, 0) is 19.4 Å². The third-order valence-electron chi connectivity index (χ3n) is 3.01. The molecule has 0 fully saturated rings. The summed E-state index contributed by atoms with van der Waals surface area (Å²) in [6, 6.07) is 3.69. The predicted molar refractivity (Wildman–Crippen MR) is 62.7 cm³/mol. The standard InChI is InChI=1S/C12H16ClNO/c13-8-1-2-9-14-11-5-3-4-10(11)6-7-12(14)15/h6-7H,1-5,8-9H2. The number of nitrogens with zero attached hydrogens (tertiary/aromatic N) is 1. The van der Waals surface area contributed by atoms with Gasteiger partial charge in [-0.1, -0.05) is 6.07 Å². The van der Waals surface area contributed by atoms with Crippen LogP contribution in [0.3, 0.4) is 0 Å². The van der Waals surface area contributed by atoms with Gasteiger partial charge in [0, 0.05) is 24.2 Å². The molecule has 0 bridgehead atoms. The second-order valence-electron chi connectivity index (χ2n) is 4.04. The molecule has 1 aromatic rings. The van der Waals surface area contributed by atoms with Gasteiger partial charge in [0.1, 0.15) is 0 Å². The van der Waals surface area contributed by atoms with E-state index in [9.17, 15) is 4.79 Å². The van der Waals surface area contributed by atoms with Crippen molar-refractivity contribution in [3.63, 3.8) is 0 Å². The first-order valence-corrected chi connectivity index (χ1v) is 6.14. The Hall–Kier alpha value is -0.760. The maximum absolute atomic E-state index is 11.7. The first-order valence-electron chi connectivity index (χ1n) is 5.60. The number of halogens is 1. The van der Waals surface area contributed by atoms with Gasteiger partial charge in [-0.05, 0) is 37.7 Å². The van der Waals surface area contributed by atoms with Crippen molar-refractivity contribution in [2.45, 2.75) is 38.6 Å². The van der Waals surface area contributed by atoms with Gasteiger partial charge in [0.2, 0.25) is 0 Å². The highest BCUT2D eigenvalue weighted by Crippen LogP contribution is 2.20. The molecule has 1 aliphatic carbocycles. The van der Waals surface area contributed by atoms with E-state index in [2.05, 4.69) is 0 Å². The summed E-state index contributed by atoms with van der Waals surface area (Å²) in [5.41, 5.74) is 2.77. The maximum atomic E-state index is 11.7. The van der Waals surface area contributed by atoms with E-state index in [0.29, 0.717) is 5.88 Å². The molecule has 1 aliphatic rings. The molecule has 0 N–H and O–H groups in total. The van der Waals surface area contributed by atoms with Gasteiger partial charge in [-0.3, -0.25) is 4.79 Å². The van der Waals surface area contributed by atoms with Crippen molar-refractivity contribution in [2.24, 2.45) is 0 Å². The predicted octanol–water partition coefficient (Wildman–Crippen LogP) is 2.36. The minimum absolute atomic E-state index is 0.144. The molecule has 0 aromatic carbocycles. The first-order chi connectivity index (χ1) is 7.33. The zero-order valence-corrected chi connectivity index (χ0v) is 9.59. The average molecular weight is 226 g/mol. The van der Waals surface area contributed by atoms with E-state index in [0.717, 1.165) is 32.2 Å². The molecule has 0 spiro atoms. The summed E-state index contributed by atoms with van der Waals surface area (Å²) >= 11 is 5.64. The SMILES string of the molecule is O=c1ccc2c(n1CCCCCl)CCC2. The molecule has 15 heavy (non-hydrogen) atoms. The first kappa shape index (κ1) is 10.7.